The Kier molecular flexibility index (Phi) is 4.98. The Labute approximate surface area is 144 Å². The van der Waals surface area contributed by atoms with Crippen molar-refractivity contribution in [1.29, 1.82) is 0 Å². The molecular formula is C22H18Se. The van der Waals surface area contributed by atoms with Crippen LogP contribution in [0.3, 0.4) is 0 Å². The fourth-order valence-corrected chi connectivity index (χ4v) is 3.80. The molecule has 0 heterocycles. The van der Waals surface area contributed by atoms with Gasteiger partial charge in [0.1, 0.15) is 0 Å². The Morgan fingerprint density at radius 3 is 2.13 bits per heavy atom. The minimum atomic E-state index is 0.191. The van der Waals surface area contributed by atoms with Gasteiger partial charge in [0.25, 0.3) is 0 Å². The van der Waals surface area contributed by atoms with Crippen molar-refractivity contribution in [3.63, 3.8) is 0 Å². The van der Waals surface area contributed by atoms with Crippen molar-refractivity contribution in [2.75, 3.05) is 0 Å². The zero-order chi connectivity index (χ0) is 16.1. The van der Waals surface area contributed by atoms with Gasteiger partial charge in [-0.05, 0) is 0 Å². The molecule has 3 rings (SSSR count). The zero-order valence-electron chi connectivity index (χ0n) is 13.3. The molecule has 0 spiro atoms. The van der Waals surface area contributed by atoms with Crippen molar-refractivity contribution in [1.82, 2.24) is 0 Å². The molecule has 0 nitrogen and oxygen atoms in total. The van der Waals surface area contributed by atoms with Crippen molar-refractivity contribution in [3.8, 4) is 21.9 Å². The fraction of sp³-hybridized carbons (Fsp3) is 0.0909. The van der Waals surface area contributed by atoms with Crippen LogP contribution in [0.5, 0.6) is 0 Å². The van der Waals surface area contributed by atoms with Crippen LogP contribution in [0.2, 0.25) is 0 Å². The van der Waals surface area contributed by atoms with E-state index in [2.05, 4.69) is 91.3 Å². The van der Waals surface area contributed by atoms with E-state index in [-0.39, 0.29) is 15.0 Å². The quantitative estimate of drug-likeness (QED) is 0.471. The summed E-state index contributed by atoms with van der Waals surface area (Å²) in [6.45, 7) is 4.28. The topological polar surface area (TPSA) is 0 Å². The van der Waals surface area contributed by atoms with Gasteiger partial charge in [0, 0.05) is 0 Å². The van der Waals surface area contributed by atoms with Gasteiger partial charge >= 0.3 is 145 Å². The SMILES string of the molecule is Cc1cc(C)cc(-c2ccccc2C#C[Se]c2ccccc2)c1. The maximum absolute atomic E-state index is 3.38. The Morgan fingerprint density at radius 2 is 1.39 bits per heavy atom. The van der Waals surface area contributed by atoms with Crippen molar-refractivity contribution < 1.29 is 0 Å². The van der Waals surface area contributed by atoms with E-state index in [1.165, 1.54) is 26.7 Å². The Bertz CT molecular complexity index is 847. The van der Waals surface area contributed by atoms with Gasteiger partial charge in [0.15, 0.2) is 0 Å². The second-order valence-electron chi connectivity index (χ2n) is 5.56. The van der Waals surface area contributed by atoms with Crippen molar-refractivity contribution >= 4 is 19.4 Å². The molecule has 0 amide bonds. The first kappa shape index (κ1) is 15.6. The van der Waals surface area contributed by atoms with Crippen molar-refractivity contribution in [2.45, 2.75) is 13.8 Å². The molecule has 0 aromatic heterocycles. The summed E-state index contributed by atoms with van der Waals surface area (Å²) in [6.07, 6.45) is 0. The Morgan fingerprint density at radius 1 is 0.739 bits per heavy atom. The summed E-state index contributed by atoms with van der Waals surface area (Å²) >= 11 is 0.191. The summed E-state index contributed by atoms with van der Waals surface area (Å²) < 4.78 is 1.32. The average Bonchev–Trinajstić information content (AvgIpc) is 2.55. The molecule has 0 aliphatic rings. The van der Waals surface area contributed by atoms with Gasteiger partial charge in [-0.2, -0.15) is 0 Å². The summed E-state index contributed by atoms with van der Waals surface area (Å²) in [7, 11) is 0. The first-order valence-electron chi connectivity index (χ1n) is 7.63. The number of hydrogen-bond acceptors (Lipinski definition) is 0. The van der Waals surface area contributed by atoms with E-state index in [0.29, 0.717) is 0 Å². The van der Waals surface area contributed by atoms with E-state index in [1.54, 1.807) is 0 Å². The molecule has 0 aliphatic heterocycles. The van der Waals surface area contributed by atoms with Gasteiger partial charge in [-0.3, -0.25) is 0 Å². The molecule has 3 aromatic carbocycles. The second kappa shape index (κ2) is 7.34. The monoisotopic (exact) mass is 362 g/mol. The van der Waals surface area contributed by atoms with Crippen LogP contribution in [-0.4, -0.2) is 15.0 Å². The molecule has 1 heteroatoms. The van der Waals surface area contributed by atoms with E-state index in [1.807, 2.05) is 6.07 Å². The molecular weight excluding hydrogens is 343 g/mol. The second-order valence-corrected chi connectivity index (χ2v) is 7.41. The molecule has 0 unspecified atom stereocenters. The molecule has 3 aromatic rings. The predicted molar refractivity (Wildman–Crippen MR) is 100 cm³/mol. The van der Waals surface area contributed by atoms with Crippen LogP contribution in [0.25, 0.3) is 11.1 Å². The molecule has 23 heavy (non-hydrogen) atoms. The minimum absolute atomic E-state index is 0.191. The summed E-state index contributed by atoms with van der Waals surface area (Å²) in [6, 6.07) is 25.6. The Balaban J connectivity index is 1.93. The summed E-state index contributed by atoms with van der Waals surface area (Å²) in [5.41, 5.74) is 6.15. The number of aryl methyl sites for hydroxylation is 2. The van der Waals surface area contributed by atoms with Gasteiger partial charge < -0.3 is 0 Å². The van der Waals surface area contributed by atoms with E-state index in [4.69, 9.17) is 0 Å². The number of hydrogen-bond donors (Lipinski definition) is 0. The number of benzene rings is 3. The van der Waals surface area contributed by atoms with Crippen LogP contribution in [0.15, 0.2) is 72.8 Å². The predicted octanol–water partition coefficient (Wildman–Crippen LogP) is 4.31. The first-order valence-corrected chi connectivity index (χ1v) is 9.34. The van der Waals surface area contributed by atoms with Gasteiger partial charge in [0.05, 0.1) is 0 Å². The fourth-order valence-electron chi connectivity index (χ4n) is 2.60. The van der Waals surface area contributed by atoms with Crippen molar-refractivity contribution in [3.05, 3.63) is 89.5 Å². The third-order valence-corrected chi connectivity index (χ3v) is 5.05. The summed E-state index contributed by atoms with van der Waals surface area (Å²) in [4.78, 5) is 3.37. The van der Waals surface area contributed by atoms with Crippen LogP contribution < -0.4 is 4.46 Å². The molecule has 0 atom stereocenters. The standard InChI is InChI=1S/C22H18Se/c1-17-14-18(2)16-20(15-17)22-11-7-6-8-19(22)12-13-23-21-9-4-3-5-10-21/h3-11,14-16H,1-2H3. The molecule has 112 valence electrons. The van der Waals surface area contributed by atoms with Gasteiger partial charge in [-0.15, -0.1) is 0 Å². The van der Waals surface area contributed by atoms with E-state index >= 15 is 0 Å². The van der Waals surface area contributed by atoms with Gasteiger partial charge in [-0.25, -0.2) is 0 Å². The molecule has 0 aliphatic carbocycles. The average molecular weight is 361 g/mol. The molecule has 0 saturated carbocycles. The van der Waals surface area contributed by atoms with Crippen molar-refractivity contribution in [2.24, 2.45) is 0 Å². The molecule has 0 N–H and O–H groups in total. The van der Waals surface area contributed by atoms with Gasteiger partial charge in [-0.1, -0.05) is 0 Å². The van der Waals surface area contributed by atoms with E-state index in [9.17, 15) is 0 Å². The molecule has 0 bridgehead atoms. The molecule has 0 radical (unpaired) electrons. The third kappa shape index (κ3) is 4.14. The summed E-state index contributed by atoms with van der Waals surface area (Å²) in [5, 5.41) is 0. The maximum atomic E-state index is 3.38. The van der Waals surface area contributed by atoms with Crippen LogP contribution in [-0.2, 0) is 0 Å². The molecule has 0 saturated heterocycles. The zero-order valence-corrected chi connectivity index (χ0v) is 15.0. The summed E-state index contributed by atoms with van der Waals surface area (Å²) in [5.74, 6) is 3.38. The van der Waals surface area contributed by atoms with Gasteiger partial charge in [0.2, 0.25) is 0 Å². The van der Waals surface area contributed by atoms with Crippen LogP contribution >= 0.6 is 0 Å². The molecule has 0 fully saturated rings. The third-order valence-electron chi connectivity index (χ3n) is 3.56. The Hall–Kier alpha value is -2.26. The normalized spacial score (nSPS) is 10.0. The number of rotatable bonds is 2. The van der Waals surface area contributed by atoms with Crippen LogP contribution in [0.4, 0.5) is 0 Å². The first-order chi connectivity index (χ1) is 11.2. The van der Waals surface area contributed by atoms with E-state index < -0.39 is 0 Å². The van der Waals surface area contributed by atoms with Crippen LogP contribution in [0.1, 0.15) is 16.7 Å². The van der Waals surface area contributed by atoms with E-state index in [0.717, 1.165) is 5.56 Å². The van der Waals surface area contributed by atoms with Crippen LogP contribution in [0, 0.1) is 24.6 Å².